The second kappa shape index (κ2) is 2.83. The highest BCUT2D eigenvalue weighted by Gasteiger charge is 2.55. The Morgan fingerprint density at radius 1 is 1.27 bits per heavy atom. The van der Waals surface area contributed by atoms with Crippen LogP contribution in [0.4, 0.5) is 0 Å². The van der Waals surface area contributed by atoms with Crippen LogP contribution in [0.5, 0.6) is 0 Å². The Kier molecular flexibility index (Phi) is 1.77. The largest absolute Gasteiger partial charge is 0.312 e. The Labute approximate surface area is 90.9 Å². The van der Waals surface area contributed by atoms with Gasteiger partial charge in [0, 0.05) is 11.5 Å². The van der Waals surface area contributed by atoms with E-state index >= 15 is 0 Å². The third-order valence-electron chi connectivity index (χ3n) is 4.00. The molecule has 0 N–H and O–H groups in total. The van der Waals surface area contributed by atoms with Crippen LogP contribution in [0.25, 0.3) is 0 Å². The van der Waals surface area contributed by atoms with Gasteiger partial charge in [0.1, 0.15) is 12.2 Å². The Morgan fingerprint density at radius 2 is 1.93 bits per heavy atom. The summed E-state index contributed by atoms with van der Waals surface area (Å²) >= 11 is 0. The van der Waals surface area contributed by atoms with E-state index in [0.717, 1.165) is 17.8 Å². The fraction of sp³-hybridized carbons (Fsp3) is 0.833. The number of nitrogens with zero attached hydrogens (tertiary/aromatic N) is 3. The standard InChI is InChI=1S/C12H19N3/c1-12(2,3)15-7-13-14-11(15)10-8-5-4-6-9(8)10/h7-10H,4-6H2,1-3H3. The fourth-order valence-electron chi connectivity index (χ4n) is 3.19. The van der Waals surface area contributed by atoms with Crippen LogP contribution < -0.4 is 0 Å². The van der Waals surface area contributed by atoms with Gasteiger partial charge in [-0.3, -0.25) is 0 Å². The molecule has 0 aliphatic heterocycles. The summed E-state index contributed by atoms with van der Waals surface area (Å²) in [7, 11) is 0. The minimum atomic E-state index is 0.121. The number of rotatable bonds is 1. The van der Waals surface area contributed by atoms with Gasteiger partial charge in [-0.2, -0.15) is 0 Å². The number of hydrogen-bond acceptors (Lipinski definition) is 2. The molecule has 1 aromatic heterocycles. The molecule has 0 spiro atoms. The van der Waals surface area contributed by atoms with Crippen LogP contribution in [0, 0.1) is 11.8 Å². The molecule has 2 fully saturated rings. The minimum Gasteiger partial charge on any atom is -0.312 e. The average molecular weight is 205 g/mol. The first-order valence-corrected chi connectivity index (χ1v) is 5.99. The molecule has 3 heteroatoms. The SMILES string of the molecule is CC(C)(C)n1cnnc1C1C2CCCC21. The minimum absolute atomic E-state index is 0.121. The van der Waals surface area contributed by atoms with Crippen molar-refractivity contribution < 1.29 is 0 Å². The van der Waals surface area contributed by atoms with E-state index in [1.807, 2.05) is 6.33 Å². The first-order valence-electron chi connectivity index (χ1n) is 5.99. The molecule has 2 atom stereocenters. The second-order valence-electron chi connectivity index (χ2n) is 6.01. The van der Waals surface area contributed by atoms with Crippen molar-refractivity contribution >= 4 is 0 Å². The molecular formula is C12H19N3. The van der Waals surface area contributed by atoms with Crippen LogP contribution in [-0.4, -0.2) is 14.8 Å². The maximum absolute atomic E-state index is 4.34. The topological polar surface area (TPSA) is 30.7 Å². The van der Waals surface area contributed by atoms with E-state index in [1.54, 1.807) is 0 Å². The van der Waals surface area contributed by atoms with Gasteiger partial charge in [-0.15, -0.1) is 10.2 Å². The van der Waals surface area contributed by atoms with Crippen molar-refractivity contribution in [1.82, 2.24) is 14.8 Å². The van der Waals surface area contributed by atoms with Crippen LogP contribution in [0.3, 0.4) is 0 Å². The lowest BCUT2D eigenvalue weighted by Crippen LogP contribution is -2.23. The van der Waals surface area contributed by atoms with E-state index < -0.39 is 0 Å². The van der Waals surface area contributed by atoms with Crippen LogP contribution >= 0.6 is 0 Å². The lowest BCUT2D eigenvalue weighted by Gasteiger charge is -2.22. The molecule has 15 heavy (non-hydrogen) atoms. The maximum Gasteiger partial charge on any atom is 0.136 e. The molecule has 0 bridgehead atoms. The molecule has 82 valence electrons. The van der Waals surface area contributed by atoms with Crippen molar-refractivity contribution in [2.24, 2.45) is 11.8 Å². The summed E-state index contributed by atoms with van der Waals surface area (Å²) in [4.78, 5) is 0. The van der Waals surface area contributed by atoms with Gasteiger partial charge in [-0.25, -0.2) is 0 Å². The molecule has 2 aliphatic rings. The molecule has 2 unspecified atom stereocenters. The van der Waals surface area contributed by atoms with Crippen molar-refractivity contribution in [2.75, 3.05) is 0 Å². The van der Waals surface area contributed by atoms with Crippen LogP contribution in [-0.2, 0) is 5.54 Å². The molecular weight excluding hydrogens is 186 g/mol. The van der Waals surface area contributed by atoms with Crippen molar-refractivity contribution in [3.05, 3.63) is 12.2 Å². The quantitative estimate of drug-likeness (QED) is 0.705. The van der Waals surface area contributed by atoms with Crippen molar-refractivity contribution in [3.63, 3.8) is 0 Å². The van der Waals surface area contributed by atoms with E-state index in [0.29, 0.717) is 0 Å². The summed E-state index contributed by atoms with van der Waals surface area (Å²) in [6.07, 6.45) is 6.14. The Balaban J connectivity index is 1.91. The highest BCUT2D eigenvalue weighted by atomic mass is 15.3. The van der Waals surface area contributed by atoms with Crippen molar-refractivity contribution in [1.29, 1.82) is 0 Å². The van der Waals surface area contributed by atoms with Gasteiger partial charge in [0.2, 0.25) is 0 Å². The molecule has 1 aromatic rings. The highest BCUT2D eigenvalue weighted by Crippen LogP contribution is 2.62. The third kappa shape index (κ3) is 1.32. The zero-order valence-corrected chi connectivity index (χ0v) is 9.77. The van der Waals surface area contributed by atoms with Gasteiger partial charge in [0.05, 0.1) is 0 Å². The Bertz CT molecular complexity index is 364. The van der Waals surface area contributed by atoms with E-state index in [1.165, 1.54) is 25.1 Å². The first kappa shape index (κ1) is 9.37. The smallest absolute Gasteiger partial charge is 0.136 e. The molecule has 3 nitrogen and oxygen atoms in total. The Morgan fingerprint density at radius 3 is 2.53 bits per heavy atom. The van der Waals surface area contributed by atoms with Crippen LogP contribution in [0.2, 0.25) is 0 Å². The van der Waals surface area contributed by atoms with E-state index in [4.69, 9.17) is 0 Å². The predicted octanol–water partition coefficient (Wildman–Crippen LogP) is 2.55. The zero-order valence-electron chi connectivity index (χ0n) is 9.77. The summed E-state index contributed by atoms with van der Waals surface area (Å²) in [5.74, 6) is 3.81. The van der Waals surface area contributed by atoms with Gasteiger partial charge in [0.25, 0.3) is 0 Å². The predicted molar refractivity (Wildman–Crippen MR) is 58.6 cm³/mol. The summed E-state index contributed by atoms with van der Waals surface area (Å²) in [5.41, 5.74) is 0.121. The molecule has 0 radical (unpaired) electrons. The van der Waals surface area contributed by atoms with Gasteiger partial charge in [-0.1, -0.05) is 6.42 Å². The van der Waals surface area contributed by atoms with Crippen molar-refractivity contribution in [3.8, 4) is 0 Å². The molecule has 0 saturated heterocycles. The van der Waals surface area contributed by atoms with Crippen LogP contribution in [0.1, 0.15) is 51.8 Å². The maximum atomic E-state index is 4.34. The lowest BCUT2D eigenvalue weighted by atomic mass is 10.1. The normalized spacial score (nSPS) is 34.2. The molecule has 0 aromatic carbocycles. The summed E-state index contributed by atoms with van der Waals surface area (Å²) in [6, 6.07) is 0. The number of fused-ring (bicyclic) bond motifs is 1. The molecule has 1 heterocycles. The number of hydrogen-bond donors (Lipinski definition) is 0. The van der Waals surface area contributed by atoms with Gasteiger partial charge in [0.15, 0.2) is 0 Å². The van der Waals surface area contributed by atoms with E-state index in [-0.39, 0.29) is 5.54 Å². The molecule has 0 amide bonds. The molecule has 3 rings (SSSR count). The summed E-state index contributed by atoms with van der Waals surface area (Å²) < 4.78 is 2.26. The van der Waals surface area contributed by atoms with Gasteiger partial charge < -0.3 is 4.57 Å². The summed E-state index contributed by atoms with van der Waals surface area (Å²) in [6.45, 7) is 6.66. The zero-order chi connectivity index (χ0) is 10.6. The highest BCUT2D eigenvalue weighted by molar-refractivity contribution is 5.18. The number of aromatic nitrogens is 3. The third-order valence-corrected chi connectivity index (χ3v) is 4.00. The Hall–Kier alpha value is -0.860. The van der Waals surface area contributed by atoms with E-state index in [9.17, 15) is 0 Å². The van der Waals surface area contributed by atoms with E-state index in [2.05, 4.69) is 35.5 Å². The van der Waals surface area contributed by atoms with Gasteiger partial charge >= 0.3 is 0 Å². The average Bonchev–Trinajstić information content (AvgIpc) is 2.60. The van der Waals surface area contributed by atoms with Crippen LogP contribution in [0.15, 0.2) is 6.33 Å². The monoisotopic (exact) mass is 205 g/mol. The fourth-order valence-corrected chi connectivity index (χ4v) is 3.19. The first-order chi connectivity index (χ1) is 7.09. The molecule has 2 saturated carbocycles. The molecule has 2 aliphatic carbocycles. The second-order valence-corrected chi connectivity index (χ2v) is 6.01. The van der Waals surface area contributed by atoms with Gasteiger partial charge in [-0.05, 0) is 45.4 Å². The van der Waals surface area contributed by atoms with Crippen molar-refractivity contribution in [2.45, 2.75) is 51.5 Å². The summed E-state index contributed by atoms with van der Waals surface area (Å²) in [5, 5.41) is 8.43. The lowest BCUT2D eigenvalue weighted by molar-refractivity contribution is 0.377.